The van der Waals surface area contributed by atoms with Gasteiger partial charge in [-0.25, -0.2) is 0 Å². The van der Waals surface area contributed by atoms with Crippen LogP contribution < -0.4 is 0 Å². The van der Waals surface area contributed by atoms with E-state index < -0.39 is 23.2 Å². The Morgan fingerprint density at radius 3 is 2.39 bits per heavy atom. The molecule has 1 aliphatic rings. The van der Waals surface area contributed by atoms with Gasteiger partial charge < -0.3 is 9.64 Å². The van der Waals surface area contributed by atoms with Gasteiger partial charge >= 0.3 is 6.18 Å². The van der Waals surface area contributed by atoms with Gasteiger partial charge in [-0.1, -0.05) is 12.1 Å². The van der Waals surface area contributed by atoms with Gasteiger partial charge in [-0.05, 0) is 45.4 Å². The normalized spacial score (nSPS) is 22.7. The molecule has 1 fully saturated rings. The predicted molar refractivity (Wildman–Crippen MR) is 81.1 cm³/mol. The molecule has 0 radical (unpaired) electrons. The van der Waals surface area contributed by atoms with Crippen molar-refractivity contribution in [3.05, 3.63) is 35.4 Å². The van der Waals surface area contributed by atoms with Gasteiger partial charge in [0.25, 0.3) is 0 Å². The van der Waals surface area contributed by atoms with Crippen LogP contribution in [-0.4, -0.2) is 35.6 Å². The lowest BCUT2D eigenvalue weighted by atomic mass is 9.94. The lowest BCUT2D eigenvalue weighted by Gasteiger charge is -2.45. The second kappa shape index (κ2) is 6.15. The number of ether oxygens (including phenoxy) is 1. The van der Waals surface area contributed by atoms with E-state index in [2.05, 4.69) is 0 Å². The number of hydrogen-bond donors (Lipinski definition) is 0. The van der Waals surface area contributed by atoms with Crippen molar-refractivity contribution in [1.29, 1.82) is 0 Å². The van der Waals surface area contributed by atoms with E-state index in [0.29, 0.717) is 18.7 Å². The van der Waals surface area contributed by atoms with Gasteiger partial charge in [-0.2, -0.15) is 13.2 Å². The Morgan fingerprint density at radius 2 is 1.87 bits per heavy atom. The fourth-order valence-electron chi connectivity index (χ4n) is 2.71. The summed E-state index contributed by atoms with van der Waals surface area (Å²) in [5, 5.41) is 0. The molecule has 2 atom stereocenters. The van der Waals surface area contributed by atoms with Crippen LogP contribution in [0, 0.1) is 0 Å². The molecule has 1 aromatic carbocycles. The Bertz CT molecular complexity index is 566. The SMILES string of the molecule is CC1CN(C(=O)C(C)c2ccc(C(F)(F)F)cc2)C(C)(C)CO1. The highest BCUT2D eigenvalue weighted by Gasteiger charge is 2.38. The van der Waals surface area contributed by atoms with Crippen molar-refractivity contribution in [2.45, 2.75) is 51.4 Å². The van der Waals surface area contributed by atoms with Crippen LogP contribution in [0.1, 0.15) is 44.7 Å². The first kappa shape index (κ1) is 17.8. The van der Waals surface area contributed by atoms with Crippen LogP contribution in [0.5, 0.6) is 0 Å². The zero-order valence-electron chi connectivity index (χ0n) is 13.8. The van der Waals surface area contributed by atoms with Gasteiger partial charge in [-0.15, -0.1) is 0 Å². The van der Waals surface area contributed by atoms with Crippen molar-refractivity contribution in [3.63, 3.8) is 0 Å². The maximum atomic E-state index is 12.8. The van der Waals surface area contributed by atoms with Crippen LogP contribution in [-0.2, 0) is 15.7 Å². The number of halogens is 3. The van der Waals surface area contributed by atoms with Crippen molar-refractivity contribution in [3.8, 4) is 0 Å². The summed E-state index contributed by atoms with van der Waals surface area (Å²) >= 11 is 0. The summed E-state index contributed by atoms with van der Waals surface area (Å²) in [6.07, 6.45) is -4.42. The number of hydrogen-bond acceptors (Lipinski definition) is 2. The van der Waals surface area contributed by atoms with Gasteiger partial charge in [0.15, 0.2) is 0 Å². The van der Waals surface area contributed by atoms with E-state index in [4.69, 9.17) is 4.74 Å². The maximum absolute atomic E-state index is 12.8. The molecule has 1 saturated heterocycles. The number of benzene rings is 1. The molecule has 1 aliphatic heterocycles. The lowest BCUT2D eigenvalue weighted by molar-refractivity contribution is -0.154. The fraction of sp³-hybridized carbons (Fsp3) is 0.588. The molecule has 0 aliphatic carbocycles. The minimum Gasteiger partial charge on any atom is -0.374 e. The molecule has 0 aromatic heterocycles. The Balaban J connectivity index is 2.19. The van der Waals surface area contributed by atoms with Gasteiger partial charge in [-0.3, -0.25) is 4.79 Å². The molecule has 0 spiro atoms. The number of morpholine rings is 1. The first-order valence-corrected chi connectivity index (χ1v) is 7.62. The quantitative estimate of drug-likeness (QED) is 0.825. The van der Waals surface area contributed by atoms with Crippen molar-refractivity contribution in [2.75, 3.05) is 13.2 Å². The highest BCUT2D eigenvalue weighted by Crippen LogP contribution is 2.31. The van der Waals surface area contributed by atoms with Gasteiger partial charge in [0.1, 0.15) is 0 Å². The maximum Gasteiger partial charge on any atom is 0.416 e. The molecule has 128 valence electrons. The summed E-state index contributed by atoms with van der Waals surface area (Å²) in [6.45, 7) is 8.41. The summed E-state index contributed by atoms with van der Waals surface area (Å²) in [5.41, 5.74) is -0.553. The van der Waals surface area contributed by atoms with E-state index in [1.165, 1.54) is 12.1 Å². The summed E-state index contributed by atoms with van der Waals surface area (Å²) in [6, 6.07) is 4.79. The van der Waals surface area contributed by atoms with E-state index in [1.807, 2.05) is 20.8 Å². The molecule has 1 amide bonds. The summed E-state index contributed by atoms with van der Waals surface area (Å²) < 4.78 is 43.5. The second-order valence-corrected chi connectivity index (χ2v) is 6.72. The fourth-order valence-corrected chi connectivity index (χ4v) is 2.71. The Morgan fingerprint density at radius 1 is 1.30 bits per heavy atom. The van der Waals surface area contributed by atoms with Crippen LogP contribution in [0.25, 0.3) is 0 Å². The highest BCUT2D eigenvalue weighted by molar-refractivity contribution is 5.84. The molecule has 0 saturated carbocycles. The molecule has 0 N–H and O–H groups in total. The minimum atomic E-state index is -4.37. The molecule has 1 heterocycles. The second-order valence-electron chi connectivity index (χ2n) is 6.72. The molecule has 23 heavy (non-hydrogen) atoms. The number of carbonyl (C=O) groups is 1. The van der Waals surface area contributed by atoms with Crippen molar-refractivity contribution in [1.82, 2.24) is 4.90 Å². The molecule has 0 bridgehead atoms. The Hall–Kier alpha value is -1.56. The molecular formula is C17H22F3NO2. The smallest absolute Gasteiger partial charge is 0.374 e. The average Bonchev–Trinajstić information content (AvgIpc) is 2.47. The number of carbonyl (C=O) groups excluding carboxylic acids is 1. The van der Waals surface area contributed by atoms with Crippen LogP contribution in [0.15, 0.2) is 24.3 Å². The van der Waals surface area contributed by atoms with E-state index >= 15 is 0 Å². The molecular weight excluding hydrogens is 307 g/mol. The first-order valence-electron chi connectivity index (χ1n) is 7.62. The Kier molecular flexibility index (Phi) is 4.76. The number of alkyl halides is 3. The molecule has 1 aromatic rings. The van der Waals surface area contributed by atoms with E-state index in [1.54, 1.807) is 11.8 Å². The average molecular weight is 329 g/mol. The zero-order valence-corrected chi connectivity index (χ0v) is 13.8. The monoisotopic (exact) mass is 329 g/mol. The van der Waals surface area contributed by atoms with Crippen LogP contribution in [0.2, 0.25) is 0 Å². The molecule has 2 rings (SSSR count). The van der Waals surface area contributed by atoms with E-state index in [9.17, 15) is 18.0 Å². The predicted octanol–water partition coefficient (Wildman–Crippen LogP) is 3.83. The summed E-state index contributed by atoms with van der Waals surface area (Å²) in [5.74, 6) is -0.591. The number of rotatable bonds is 2. The molecule has 6 heteroatoms. The molecule has 3 nitrogen and oxygen atoms in total. The standard InChI is InChI=1S/C17H22F3NO2/c1-11-9-21(16(3,4)10-23-11)15(22)12(2)13-5-7-14(8-6-13)17(18,19)20/h5-8,11-12H,9-10H2,1-4H3. The van der Waals surface area contributed by atoms with Crippen molar-refractivity contribution < 1.29 is 22.7 Å². The third kappa shape index (κ3) is 3.86. The van der Waals surface area contributed by atoms with E-state index in [-0.39, 0.29) is 12.0 Å². The topological polar surface area (TPSA) is 29.5 Å². The van der Waals surface area contributed by atoms with Crippen LogP contribution in [0.4, 0.5) is 13.2 Å². The third-order valence-electron chi connectivity index (χ3n) is 4.27. The van der Waals surface area contributed by atoms with Gasteiger partial charge in [0, 0.05) is 6.54 Å². The Labute approximate surface area is 134 Å². The minimum absolute atomic E-state index is 0.0493. The molecule has 2 unspecified atom stereocenters. The first-order chi connectivity index (χ1) is 10.5. The number of amides is 1. The van der Waals surface area contributed by atoms with Crippen molar-refractivity contribution >= 4 is 5.91 Å². The van der Waals surface area contributed by atoms with Crippen molar-refractivity contribution in [2.24, 2.45) is 0 Å². The van der Waals surface area contributed by atoms with Gasteiger partial charge in [0.2, 0.25) is 5.91 Å². The zero-order chi connectivity index (χ0) is 17.4. The third-order valence-corrected chi connectivity index (χ3v) is 4.27. The van der Waals surface area contributed by atoms with E-state index in [0.717, 1.165) is 12.1 Å². The van der Waals surface area contributed by atoms with Gasteiger partial charge in [0.05, 0.1) is 29.7 Å². The van der Waals surface area contributed by atoms with Crippen LogP contribution in [0.3, 0.4) is 0 Å². The summed E-state index contributed by atoms with van der Waals surface area (Å²) in [4.78, 5) is 14.6. The number of nitrogens with zero attached hydrogens (tertiary/aromatic N) is 1. The largest absolute Gasteiger partial charge is 0.416 e. The summed E-state index contributed by atoms with van der Waals surface area (Å²) in [7, 11) is 0. The van der Waals surface area contributed by atoms with Crippen LogP contribution >= 0.6 is 0 Å². The highest BCUT2D eigenvalue weighted by atomic mass is 19.4. The lowest BCUT2D eigenvalue weighted by Crippen LogP contribution is -2.58.